The molecular weight excluding hydrogens is 299 g/mol. The van der Waals surface area contributed by atoms with Crippen molar-refractivity contribution in [3.8, 4) is 11.5 Å². The lowest BCUT2D eigenvalue weighted by atomic mass is 10.1. The molecule has 2 rings (SSSR count). The fraction of sp³-hybridized carbons (Fsp3) is 0.235. The molecule has 23 heavy (non-hydrogen) atoms. The van der Waals surface area contributed by atoms with Gasteiger partial charge in [-0.25, -0.2) is 9.18 Å². The number of carbonyl (C=O) groups excluding carboxylic acids is 1. The average Bonchev–Trinajstić information content (AvgIpc) is 2.49. The Bertz CT molecular complexity index is 647. The molecule has 0 radical (unpaired) electrons. The van der Waals surface area contributed by atoms with Gasteiger partial charge in [-0.3, -0.25) is 0 Å². The highest BCUT2D eigenvalue weighted by Crippen LogP contribution is 2.16. The summed E-state index contributed by atoms with van der Waals surface area (Å²) in [4.78, 5) is 11.7. The number of aromatic hydroxyl groups is 1. The average molecular weight is 318 g/mol. The van der Waals surface area contributed by atoms with E-state index in [4.69, 9.17) is 4.74 Å². The third kappa shape index (κ3) is 5.86. The van der Waals surface area contributed by atoms with Gasteiger partial charge in [-0.1, -0.05) is 12.1 Å². The zero-order valence-electron chi connectivity index (χ0n) is 12.8. The maximum Gasteiger partial charge on any atom is 0.317 e. The van der Waals surface area contributed by atoms with Crippen LogP contribution in [-0.4, -0.2) is 23.9 Å². The van der Waals surface area contributed by atoms with Gasteiger partial charge in [0.1, 0.15) is 17.3 Å². The molecule has 0 saturated carbocycles. The topological polar surface area (TPSA) is 70.6 Å². The van der Waals surface area contributed by atoms with Gasteiger partial charge in [-0.05, 0) is 55.3 Å². The molecule has 0 aromatic heterocycles. The van der Waals surface area contributed by atoms with E-state index >= 15 is 0 Å². The summed E-state index contributed by atoms with van der Waals surface area (Å²) < 4.78 is 18.5. The molecule has 2 aromatic carbocycles. The number of hydrogen-bond acceptors (Lipinski definition) is 3. The number of nitrogens with one attached hydrogen (secondary N) is 2. The molecule has 0 bridgehead atoms. The minimum absolute atomic E-state index is 0.146. The van der Waals surface area contributed by atoms with Crippen LogP contribution in [0, 0.1) is 5.82 Å². The maximum atomic E-state index is 13.0. The molecule has 0 aliphatic rings. The van der Waals surface area contributed by atoms with Gasteiger partial charge in [-0.15, -0.1) is 0 Å². The van der Waals surface area contributed by atoms with Crippen molar-refractivity contribution in [2.45, 2.75) is 19.6 Å². The van der Waals surface area contributed by atoms with E-state index in [0.29, 0.717) is 18.7 Å². The number of rotatable bonds is 6. The van der Waals surface area contributed by atoms with Gasteiger partial charge in [0.05, 0.1) is 0 Å². The first-order valence-corrected chi connectivity index (χ1v) is 7.27. The predicted octanol–water partition coefficient (Wildman–Crippen LogP) is 2.80. The van der Waals surface area contributed by atoms with Gasteiger partial charge in [-0.2, -0.15) is 0 Å². The van der Waals surface area contributed by atoms with E-state index in [0.717, 1.165) is 5.56 Å². The van der Waals surface area contributed by atoms with E-state index in [1.54, 1.807) is 31.2 Å². The zero-order valence-corrected chi connectivity index (χ0v) is 12.8. The van der Waals surface area contributed by atoms with E-state index in [1.807, 2.05) is 0 Å². The first-order chi connectivity index (χ1) is 11.0. The number of amides is 2. The van der Waals surface area contributed by atoms with E-state index < -0.39 is 6.23 Å². The Kier molecular flexibility index (Phi) is 5.80. The molecule has 0 spiro atoms. The fourth-order valence-electron chi connectivity index (χ4n) is 2.01. The van der Waals surface area contributed by atoms with Crippen LogP contribution in [0.3, 0.4) is 0 Å². The van der Waals surface area contributed by atoms with Crippen LogP contribution in [0.25, 0.3) is 0 Å². The van der Waals surface area contributed by atoms with Crippen molar-refractivity contribution in [1.29, 1.82) is 0 Å². The number of carbonyl (C=O) groups is 1. The summed E-state index contributed by atoms with van der Waals surface area (Å²) in [5.74, 6) is 0.395. The zero-order chi connectivity index (χ0) is 16.7. The molecule has 122 valence electrons. The van der Waals surface area contributed by atoms with Crippen LogP contribution in [0.15, 0.2) is 48.5 Å². The number of hydrogen-bond donors (Lipinski definition) is 3. The standard InChI is InChI=1S/C17H19FN2O3/c1-12(23-16-7-5-15(21)6-8-16)20-17(22)19-10-9-13-3-2-4-14(18)11-13/h2-8,11-12,21H,9-10H2,1H3,(H2,19,20,22). The Morgan fingerprint density at radius 1 is 1.26 bits per heavy atom. The van der Waals surface area contributed by atoms with Crippen LogP contribution in [-0.2, 0) is 6.42 Å². The highest BCUT2D eigenvalue weighted by molar-refractivity contribution is 5.74. The van der Waals surface area contributed by atoms with Gasteiger partial charge < -0.3 is 20.5 Å². The Morgan fingerprint density at radius 2 is 2.00 bits per heavy atom. The van der Waals surface area contributed by atoms with Crippen molar-refractivity contribution < 1.29 is 19.0 Å². The van der Waals surface area contributed by atoms with Crippen molar-refractivity contribution in [2.24, 2.45) is 0 Å². The van der Waals surface area contributed by atoms with Gasteiger partial charge in [0, 0.05) is 6.54 Å². The highest BCUT2D eigenvalue weighted by Gasteiger charge is 2.08. The minimum atomic E-state index is -0.534. The van der Waals surface area contributed by atoms with Crippen molar-refractivity contribution in [3.05, 3.63) is 59.9 Å². The minimum Gasteiger partial charge on any atom is -0.508 e. The molecule has 0 heterocycles. The Labute approximate surface area is 134 Å². The summed E-state index contributed by atoms with van der Waals surface area (Å²) in [5, 5.41) is 14.5. The molecule has 0 aliphatic carbocycles. The fourth-order valence-corrected chi connectivity index (χ4v) is 2.01. The number of phenolic OH excluding ortho intramolecular Hbond substituents is 1. The third-order valence-electron chi connectivity index (χ3n) is 3.07. The molecule has 2 amide bonds. The van der Waals surface area contributed by atoms with Crippen LogP contribution in [0.5, 0.6) is 11.5 Å². The largest absolute Gasteiger partial charge is 0.508 e. The Balaban J connectivity index is 1.70. The van der Waals surface area contributed by atoms with Crippen molar-refractivity contribution >= 4 is 6.03 Å². The lowest BCUT2D eigenvalue weighted by molar-refractivity contribution is 0.177. The lowest BCUT2D eigenvalue weighted by Gasteiger charge is -2.16. The lowest BCUT2D eigenvalue weighted by Crippen LogP contribution is -2.43. The van der Waals surface area contributed by atoms with Gasteiger partial charge >= 0.3 is 6.03 Å². The summed E-state index contributed by atoms with van der Waals surface area (Å²) in [7, 11) is 0. The summed E-state index contributed by atoms with van der Waals surface area (Å²) in [5.41, 5.74) is 0.818. The van der Waals surface area contributed by atoms with Crippen molar-refractivity contribution in [2.75, 3.05) is 6.54 Å². The maximum absolute atomic E-state index is 13.0. The second-order valence-electron chi connectivity index (χ2n) is 5.03. The molecule has 3 N–H and O–H groups in total. The number of phenols is 1. The SMILES string of the molecule is CC(NC(=O)NCCc1cccc(F)c1)Oc1ccc(O)cc1. The van der Waals surface area contributed by atoms with E-state index in [9.17, 15) is 14.3 Å². The number of halogens is 1. The van der Waals surface area contributed by atoms with Crippen LogP contribution < -0.4 is 15.4 Å². The molecule has 5 nitrogen and oxygen atoms in total. The van der Waals surface area contributed by atoms with Crippen molar-refractivity contribution in [3.63, 3.8) is 0 Å². The number of ether oxygens (including phenoxy) is 1. The first-order valence-electron chi connectivity index (χ1n) is 7.27. The quantitative estimate of drug-likeness (QED) is 0.717. The van der Waals surface area contributed by atoms with Gasteiger partial charge in [0.2, 0.25) is 0 Å². The number of benzene rings is 2. The molecule has 1 unspecified atom stereocenters. The van der Waals surface area contributed by atoms with Crippen LogP contribution in [0.1, 0.15) is 12.5 Å². The van der Waals surface area contributed by atoms with Gasteiger partial charge in [0.15, 0.2) is 6.23 Å². The smallest absolute Gasteiger partial charge is 0.317 e. The molecule has 0 fully saturated rings. The highest BCUT2D eigenvalue weighted by atomic mass is 19.1. The second kappa shape index (κ2) is 8.03. The Morgan fingerprint density at radius 3 is 2.70 bits per heavy atom. The van der Waals surface area contributed by atoms with E-state index in [-0.39, 0.29) is 17.6 Å². The summed E-state index contributed by atoms with van der Waals surface area (Å²) >= 11 is 0. The molecule has 0 aliphatic heterocycles. The first kappa shape index (κ1) is 16.6. The number of urea groups is 1. The third-order valence-corrected chi connectivity index (χ3v) is 3.07. The molecular formula is C17H19FN2O3. The monoisotopic (exact) mass is 318 g/mol. The normalized spacial score (nSPS) is 11.6. The summed E-state index contributed by atoms with van der Waals surface area (Å²) in [6, 6.07) is 12.1. The van der Waals surface area contributed by atoms with E-state index in [2.05, 4.69) is 10.6 Å². The summed E-state index contributed by atoms with van der Waals surface area (Å²) in [6.07, 6.45) is 0.00646. The Hall–Kier alpha value is -2.76. The second-order valence-corrected chi connectivity index (χ2v) is 5.03. The van der Waals surface area contributed by atoms with Crippen LogP contribution >= 0.6 is 0 Å². The molecule has 1 atom stereocenters. The molecule has 2 aromatic rings. The van der Waals surface area contributed by atoms with Crippen LogP contribution in [0.2, 0.25) is 0 Å². The van der Waals surface area contributed by atoms with Crippen LogP contribution in [0.4, 0.5) is 9.18 Å². The van der Waals surface area contributed by atoms with Crippen molar-refractivity contribution in [1.82, 2.24) is 10.6 Å². The summed E-state index contributed by atoms with van der Waals surface area (Å²) in [6.45, 7) is 2.08. The predicted molar refractivity (Wildman–Crippen MR) is 84.8 cm³/mol. The molecule has 0 saturated heterocycles. The van der Waals surface area contributed by atoms with E-state index in [1.165, 1.54) is 24.3 Å². The van der Waals surface area contributed by atoms with Gasteiger partial charge in [0.25, 0.3) is 0 Å². The molecule has 6 heteroatoms.